The van der Waals surface area contributed by atoms with Crippen LogP contribution in [0.1, 0.15) is 27.0 Å². The summed E-state index contributed by atoms with van der Waals surface area (Å²) < 4.78 is 9.16. The minimum Gasteiger partial charge on any atom is -0.478 e. The number of carboxylic acid groups (broad SMARTS) is 1. The number of carboxylic acids is 1. The molecule has 1 aromatic heterocycles. The number of nitrogens with zero attached hydrogens (tertiary/aromatic N) is 2. The van der Waals surface area contributed by atoms with Crippen molar-refractivity contribution in [1.82, 2.24) is 9.97 Å². The summed E-state index contributed by atoms with van der Waals surface area (Å²) in [5.74, 6) is -0.214. The molecule has 184 valence electrons. The second-order valence-electron chi connectivity index (χ2n) is 8.48. The number of nitrogens with two attached hydrogens (primary N) is 1. The van der Waals surface area contributed by atoms with Gasteiger partial charge in [-0.3, -0.25) is 4.72 Å². The largest absolute Gasteiger partial charge is 0.478 e. The summed E-state index contributed by atoms with van der Waals surface area (Å²) in [5.41, 5.74) is 11.6. The molecule has 0 aliphatic heterocycles. The Hall–Kier alpha value is -3.88. The predicted molar refractivity (Wildman–Crippen MR) is 143 cm³/mol. The van der Waals surface area contributed by atoms with E-state index >= 15 is 0 Å². The first-order chi connectivity index (χ1) is 17.4. The van der Waals surface area contributed by atoms with Crippen molar-refractivity contribution in [2.24, 2.45) is 5.73 Å². The highest BCUT2D eigenvalue weighted by Crippen LogP contribution is 2.30. The number of ether oxygens (including phenoxy) is 1. The Morgan fingerprint density at radius 1 is 1.00 bits per heavy atom. The van der Waals surface area contributed by atoms with Crippen LogP contribution in [-0.2, 0) is 6.42 Å². The van der Waals surface area contributed by atoms with E-state index in [-0.39, 0.29) is 11.6 Å². The number of aromatic nitrogens is 2. The summed E-state index contributed by atoms with van der Waals surface area (Å²) in [6.07, 6.45) is 0.691. The molecule has 8 heteroatoms. The van der Waals surface area contributed by atoms with Crippen molar-refractivity contribution in [2.75, 3.05) is 11.3 Å². The second-order valence-corrected chi connectivity index (χ2v) is 9.36. The molecule has 4 aromatic rings. The maximum absolute atomic E-state index is 11.3. The van der Waals surface area contributed by atoms with E-state index in [1.54, 1.807) is 18.2 Å². The summed E-state index contributed by atoms with van der Waals surface area (Å²) in [4.78, 5) is 21.3. The third-order valence-corrected chi connectivity index (χ3v) is 6.34. The molecular weight excluding hydrogens is 472 g/mol. The monoisotopic (exact) mass is 500 g/mol. The molecular formula is C28H28N4O3S. The lowest BCUT2D eigenvalue weighted by Gasteiger charge is -2.16. The molecule has 1 heterocycles. The molecule has 7 nitrogen and oxygen atoms in total. The van der Waals surface area contributed by atoms with Gasteiger partial charge in [-0.2, -0.15) is 4.98 Å². The first kappa shape index (κ1) is 25.2. The van der Waals surface area contributed by atoms with E-state index in [1.165, 1.54) is 11.9 Å². The van der Waals surface area contributed by atoms with Gasteiger partial charge in [0.05, 0.1) is 11.3 Å². The number of nitrogens with one attached hydrogen (secondary N) is 1. The van der Waals surface area contributed by atoms with Gasteiger partial charge in [0.2, 0.25) is 11.8 Å². The molecule has 0 amide bonds. The zero-order valence-electron chi connectivity index (χ0n) is 20.1. The maximum atomic E-state index is 11.3. The highest BCUT2D eigenvalue weighted by molar-refractivity contribution is 8.00. The van der Waals surface area contributed by atoms with Crippen molar-refractivity contribution in [3.8, 4) is 17.1 Å². The fourth-order valence-electron chi connectivity index (χ4n) is 3.86. The number of aryl methyl sites for hydroxylation is 2. The molecule has 0 saturated carbocycles. The van der Waals surface area contributed by atoms with Crippen LogP contribution in [0.5, 0.6) is 5.88 Å². The van der Waals surface area contributed by atoms with Crippen LogP contribution < -0.4 is 15.2 Å². The Labute approximate surface area is 214 Å². The molecule has 3 aromatic carbocycles. The van der Waals surface area contributed by atoms with Crippen molar-refractivity contribution in [1.29, 1.82) is 0 Å². The third kappa shape index (κ3) is 6.62. The van der Waals surface area contributed by atoms with Crippen molar-refractivity contribution in [2.45, 2.75) is 31.2 Å². The van der Waals surface area contributed by atoms with E-state index < -0.39 is 5.97 Å². The summed E-state index contributed by atoms with van der Waals surface area (Å²) in [5, 5.41) is 9.26. The Balaban J connectivity index is 1.56. The minimum absolute atomic E-state index is 0.199. The molecule has 4 N–H and O–H groups in total. The van der Waals surface area contributed by atoms with Gasteiger partial charge in [-0.1, -0.05) is 54.6 Å². The molecule has 0 aliphatic carbocycles. The van der Waals surface area contributed by atoms with E-state index in [0.717, 1.165) is 32.8 Å². The molecule has 1 unspecified atom stereocenters. The molecule has 0 saturated heterocycles. The first-order valence-electron chi connectivity index (χ1n) is 11.5. The van der Waals surface area contributed by atoms with E-state index in [1.807, 2.05) is 74.5 Å². The van der Waals surface area contributed by atoms with Crippen LogP contribution in [0.2, 0.25) is 0 Å². The molecule has 36 heavy (non-hydrogen) atoms. The van der Waals surface area contributed by atoms with Crippen LogP contribution in [0.25, 0.3) is 11.3 Å². The maximum Gasteiger partial charge on any atom is 0.335 e. The topological polar surface area (TPSA) is 110 Å². The smallest absolute Gasteiger partial charge is 0.335 e. The average molecular weight is 501 g/mol. The average Bonchev–Trinajstić information content (AvgIpc) is 2.87. The number of hydrogen-bond donors (Lipinski definition) is 3. The van der Waals surface area contributed by atoms with Gasteiger partial charge in [-0.25, -0.2) is 9.78 Å². The number of aromatic carboxylic acids is 1. The van der Waals surface area contributed by atoms with Gasteiger partial charge in [0.15, 0.2) is 0 Å². The number of benzene rings is 3. The predicted octanol–water partition coefficient (Wildman–Crippen LogP) is 5.53. The first-order valence-corrected chi connectivity index (χ1v) is 12.3. The van der Waals surface area contributed by atoms with Gasteiger partial charge in [-0.15, -0.1) is 0 Å². The summed E-state index contributed by atoms with van der Waals surface area (Å²) in [6.45, 7) is 4.38. The molecule has 0 fully saturated rings. The van der Waals surface area contributed by atoms with E-state index in [0.29, 0.717) is 24.9 Å². The fourth-order valence-corrected chi connectivity index (χ4v) is 4.49. The van der Waals surface area contributed by atoms with Crippen molar-refractivity contribution >= 4 is 23.9 Å². The third-order valence-electron chi connectivity index (χ3n) is 5.57. The molecule has 1 atom stereocenters. The fraction of sp³-hybridized carbons (Fsp3) is 0.179. The number of hydrogen-bond acceptors (Lipinski definition) is 7. The van der Waals surface area contributed by atoms with E-state index in [4.69, 9.17) is 15.5 Å². The lowest BCUT2D eigenvalue weighted by molar-refractivity contribution is 0.0696. The molecule has 4 rings (SSSR count). The minimum atomic E-state index is -0.978. The van der Waals surface area contributed by atoms with Crippen LogP contribution in [0, 0.1) is 13.8 Å². The van der Waals surface area contributed by atoms with Gasteiger partial charge >= 0.3 is 5.97 Å². The summed E-state index contributed by atoms with van der Waals surface area (Å²) >= 11 is 1.23. The Morgan fingerprint density at radius 2 is 1.72 bits per heavy atom. The van der Waals surface area contributed by atoms with Gasteiger partial charge in [-0.05, 0) is 67.1 Å². The van der Waals surface area contributed by atoms with E-state index in [9.17, 15) is 9.90 Å². The summed E-state index contributed by atoms with van der Waals surface area (Å²) in [6, 6.07) is 24.4. The lowest BCUT2D eigenvalue weighted by Crippen LogP contribution is -2.30. The molecule has 0 spiro atoms. The highest BCUT2D eigenvalue weighted by atomic mass is 32.2. The zero-order chi connectivity index (χ0) is 25.5. The Kier molecular flexibility index (Phi) is 8.20. The molecule has 0 bridgehead atoms. The van der Waals surface area contributed by atoms with Gasteiger partial charge in [0, 0.05) is 22.6 Å². The quantitative estimate of drug-likeness (QED) is 0.244. The number of carbonyl (C=O) groups is 1. The summed E-state index contributed by atoms with van der Waals surface area (Å²) in [7, 11) is 0. The van der Waals surface area contributed by atoms with E-state index in [2.05, 4.69) is 9.71 Å². The normalized spacial score (nSPS) is 11.6. The standard InChI is InChI=1S/C28H28N4O3S/c1-18-8-6-9-19(2)26(18)24-16-25(35-17-22(29)14-20-10-4-3-5-11-20)31-28(30-24)32-36-23-13-7-12-21(15-23)27(33)34/h3-13,15-16,22H,14,17,29H2,1-2H3,(H,33,34)(H,30,31,32). The molecule has 0 radical (unpaired) electrons. The Morgan fingerprint density at radius 3 is 2.44 bits per heavy atom. The lowest BCUT2D eigenvalue weighted by atomic mass is 10.00. The Bertz CT molecular complexity index is 1330. The SMILES string of the molecule is Cc1cccc(C)c1-c1cc(OCC(N)Cc2ccccc2)nc(NSc2cccc(C(=O)O)c2)n1. The van der Waals surface area contributed by atoms with Crippen molar-refractivity contribution in [3.63, 3.8) is 0 Å². The van der Waals surface area contributed by atoms with Crippen molar-refractivity contribution in [3.05, 3.63) is 101 Å². The zero-order valence-corrected chi connectivity index (χ0v) is 21.0. The van der Waals surface area contributed by atoms with Crippen LogP contribution in [0.15, 0.2) is 83.8 Å². The highest BCUT2D eigenvalue weighted by Gasteiger charge is 2.14. The molecule has 0 aliphatic rings. The van der Waals surface area contributed by atoms with Crippen LogP contribution in [0.4, 0.5) is 5.95 Å². The van der Waals surface area contributed by atoms with Crippen LogP contribution in [-0.4, -0.2) is 33.7 Å². The van der Waals surface area contributed by atoms with Crippen molar-refractivity contribution < 1.29 is 14.6 Å². The number of rotatable bonds is 10. The number of anilines is 1. The van der Waals surface area contributed by atoms with Crippen LogP contribution in [0.3, 0.4) is 0 Å². The van der Waals surface area contributed by atoms with Crippen LogP contribution >= 0.6 is 11.9 Å². The second kappa shape index (κ2) is 11.7. The van der Waals surface area contributed by atoms with Gasteiger partial charge < -0.3 is 15.6 Å². The van der Waals surface area contributed by atoms with Gasteiger partial charge in [0.25, 0.3) is 0 Å². The van der Waals surface area contributed by atoms with Gasteiger partial charge in [0.1, 0.15) is 6.61 Å².